The van der Waals surface area contributed by atoms with Gasteiger partial charge in [0.15, 0.2) is 5.85 Å². The van der Waals surface area contributed by atoms with Crippen LogP contribution < -0.4 is 0 Å². The van der Waals surface area contributed by atoms with Crippen LogP contribution >= 0.6 is 7.60 Å². The number of rotatable bonds is 10. The van der Waals surface area contributed by atoms with Crippen LogP contribution in [0.2, 0.25) is 0 Å². The van der Waals surface area contributed by atoms with E-state index >= 15 is 0 Å². The Morgan fingerprint density at radius 2 is 1.65 bits per heavy atom. The average molecular weight is 378 g/mol. The Hall–Kier alpha value is -1.49. The van der Waals surface area contributed by atoms with E-state index in [1.54, 1.807) is 19.9 Å². The van der Waals surface area contributed by atoms with Gasteiger partial charge in [-0.1, -0.05) is 60.2 Å². The maximum absolute atomic E-state index is 13.3. The third-order valence-corrected chi connectivity index (χ3v) is 6.14. The van der Waals surface area contributed by atoms with E-state index in [-0.39, 0.29) is 19.8 Å². The molecule has 0 aliphatic rings. The van der Waals surface area contributed by atoms with Crippen molar-refractivity contribution in [2.45, 2.75) is 39.3 Å². The fourth-order valence-electron chi connectivity index (χ4n) is 2.67. The smallest absolute Gasteiger partial charge is 0.362 e. The fourth-order valence-corrected chi connectivity index (χ4v) is 4.54. The highest BCUT2D eigenvalue weighted by molar-refractivity contribution is 7.54. The summed E-state index contributed by atoms with van der Waals surface area (Å²) in [5.41, 5.74) is 2.52. The van der Waals surface area contributed by atoms with Gasteiger partial charge >= 0.3 is 7.60 Å². The molecular weight excluding hydrogens is 351 g/mol. The third kappa shape index (κ3) is 5.50. The highest BCUT2D eigenvalue weighted by atomic mass is 31.2. The first-order valence-corrected chi connectivity index (χ1v) is 10.4. The van der Waals surface area contributed by atoms with Crippen molar-refractivity contribution in [2.24, 2.45) is 0 Å². The van der Waals surface area contributed by atoms with Crippen molar-refractivity contribution in [1.29, 1.82) is 0 Å². The van der Waals surface area contributed by atoms with Gasteiger partial charge in [-0.2, -0.15) is 0 Å². The van der Waals surface area contributed by atoms with Gasteiger partial charge in [0, 0.05) is 0 Å². The van der Waals surface area contributed by atoms with Gasteiger partial charge in [0.05, 0.1) is 19.8 Å². The summed E-state index contributed by atoms with van der Waals surface area (Å²) in [6, 6.07) is 16.9. The molecule has 0 spiro atoms. The molecule has 2 rings (SSSR count). The molecule has 0 unspecified atom stereocenters. The second-order valence-electron chi connectivity index (χ2n) is 5.92. The van der Waals surface area contributed by atoms with Crippen LogP contribution in [0.25, 0.3) is 0 Å². The second kappa shape index (κ2) is 10.0. The molecule has 0 heterocycles. The van der Waals surface area contributed by atoms with E-state index in [1.807, 2.05) is 55.5 Å². The zero-order valence-corrected chi connectivity index (χ0v) is 16.4. The van der Waals surface area contributed by atoms with Crippen LogP contribution in [0, 0.1) is 6.92 Å². The van der Waals surface area contributed by atoms with Gasteiger partial charge in [-0.25, -0.2) is 0 Å². The van der Waals surface area contributed by atoms with Gasteiger partial charge in [-0.3, -0.25) is 4.57 Å². The molecule has 6 heteroatoms. The van der Waals surface area contributed by atoms with Gasteiger partial charge in [0.25, 0.3) is 0 Å². The predicted molar refractivity (Wildman–Crippen MR) is 102 cm³/mol. The zero-order valence-electron chi connectivity index (χ0n) is 15.5. The minimum Gasteiger partial charge on any atom is -0.385 e. The topological polar surface area (TPSA) is 65.0 Å². The molecule has 0 saturated heterocycles. The highest BCUT2D eigenvalue weighted by Crippen LogP contribution is 2.57. The van der Waals surface area contributed by atoms with Crippen LogP contribution in [0.1, 0.15) is 36.6 Å². The summed E-state index contributed by atoms with van der Waals surface area (Å²) >= 11 is 0. The molecule has 0 saturated carbocycles. The molecule has 0 aliphatic carbocycles. The Bertz CT molecular complexity index is 709. The molecule has 0 radical (unpaired) electrons. The molecule has 2 aromatic carbocycles. The molecule has 0 fully saturated rings. The van der Waals surface area contributed by atoms with E-state index in [2.05, 4.69) is 0 Å². The van der Waals surface area contributed by atoms with E-state index in [1.165, 1.54) is 0 Å². The Labute approximate surface area is 155 Å². The molecule has 0 aliphatic heterocycles. The molecular formula is C20H27O5P. The van der Waals surface area contributed by atoms with E-state index in [4.69, 9.17) is 13.8 Å². The van der Waals surface area contributed by atoms with E-state index in [0.717, 1.165) is 11.1 Å². The largest absolute Gasteiger partial charge is 0.385 e. The van der Waals surface area contributed by atoms with Gasteiger partial charge in [0.2, 0.25) is 0 Å². The lowest BCUT2D eigenvalue weighted by Crippen LogP contribution is -2.25. The lowest BCUT2D eigenvalue weighted by molar-refractivity contribution is -0.0204. The van der Waals surface area contributed by atoms with Crippen molar-refractivity contribution in [2.75, 3.05) is 13.2 Å². The molecule has 26 heavy (non-hydrogen) atoms. The number of benzene rings is 2. The average Bonchev–Trinajstić information content (AvgIpc) is 2.63. The highest BCUT2D eigenvalue weighted by Gasteiger charge is 2.42. The maximum Gasteiger partial charge on any atom is 0.362 e. The minimum atomic E-state index is -3.68. The van der Waals surface area contributed by atoms with Crippen LogP contribution in [0.4, 0.5) is 0 Å². The minimum absolute atomic E-state index is 0.193. The van der Waals surface area contributed by atoms with Crippen molar-refractivity contribution >= 4 is 7.60 Å². The monoisotopic (exact) mass is 378 g/mol. The fraction of sp³-hybridized carbons (Fsp3) is 0.400. The molecule has 0 aromatic heterocycles. The van der Waals surface area contributed by atoms with E-state index < -0.39 is 19.5 Å². The number of ether oxygens (including phenoxy) is 1. The zero-order chi connectivity index (χ0) is 19.0. The van der Waals surface area contributed by atoms with E-state index in [0.29, 0.717) is 5.56 Å². The summed E-state index contributed by atoms with van der Waals surface area (Å²) in [5.74, 6) is -1.12. The summed E-state index contributed by atoms with van der Waals surface area (Å²) in [6.07, 6.45) is -1.14. The normalized spacial score (nSPS) is 14.2. The van der Waals surface area contributed by atoms with Gasteiger partial charge < -0.3 is 18.9 Å². The first kappa shape index (κ1) is 20.8. The lowest BCUT2D eigenvalue weighted by Gasteiger charge is -2.30. The summed E-state index contributed by atoms with van der Waals surface area (Å²) in [6.45, 7) is 5.99. The number of hydrogen-bond acceptors (Lipinski definition) is 5. The first-order chi connectivity index (χ1) is 12.5. The number of aliphatic hydroxyl groups is 1. The molecule has 142 valence electrons. The van der Waals surface area contributed by atoms with Crippen molar-refractivity contribution in [3.05, 3.63) is 71.3 Å². The predicted octanol–water partition coefficient (Wildman–Crippen LogP) is 4.84. The molecule has 5 nitrogen and oxygen atoms in total. The van der Waals surface area contributed by atoms with Crippen LogP contribution in [-0.4, -0.2) is 24.2 Å². The molecule has 2 aromatic rings. The Morgan fingerprint density at radius 3 is 2.23 bits per heavy atom. The third-order valence-electron chi connectivity index (χ3n) is 3.85. The summed E-state index contributed by atoms with van der Waals surface area (Å²) < 4.78 is 30.1. The van der Waals surface area contributed by atoms with Gasteiger partial charge in [-0.05, 0) is 31.9 Å². The van der Waals surface area contributed by atoms with Gasteiger partial charge in [0.1, 0.15) is 6.10 Å². The number of aryl methyl sites for hydroxylation is 1. The first-order valence-electron chi connectivity index (χ1n) is 8.79. The molecule has 0 amide bonds. The lowest BCUT2D eigenvalue weighted by atomic mass is 10.1. The Kier molecular flexibility index (Phi) is 8.01. The van der Waals surface area contributed by atoms with Crippen molar-refractivity contribution in [3.8, 4) is 0 Å². The summed E-state index contributed by atoms with van der Waals surface area (Å²) in [5, 5.41) is 10.9. The SMILES string of the molecule is CCOP(=O)(OCC)[C@@H](OCc1ccccc1)[C@H](O)c1cccc(C)c1. The van der Waals surface area contributed by atoms with Crippen LogP contribution in [0.15, 0.2) is 54.6 Å². The van der Waals surface area contributed by atoms with Crippen LogP contribution in [0.5, 0.6) is 0 Å². The van der Waals surface area contributed by atoms with Crippen molar-refractivity contribution < 1.29 is 23.5 Å². The quantitative estimate of drug-likeness (QED) is 0.600. The summed E-state index contributed by atoms with van der Waals surface area (Å²) in [4.78, 5) is 0. The summed E-state index contributed by atoms with van der Waals surface area (Å²) in [7, 11) is -3.68. The van der Waals surface area contributed by atoms with Crippen LogP contribution in [-0.2, 0) is 25.0 Å². The molecule has 2 atom stereocenters. The van der Waals surface area contributed by atoms with Crippen molar-refractivity contribution in [3.63, 3.8) is 0 Å². The second-order valence-corrected chi connectivity index (χ2v) is 8.03. The number of hydrogen-bond donors (Lipinski definition) is 1. The Morgan fingerprint density at radius 1 is 1.00 bits per heavy atom. The maximum atomic E-state index is 13.3. The Balaban J connectivity index is 2.31. The molecule has 1 N–H and O–H groups in total. The molecule has 0 bridgehead atoms. The number of aliphatic hydroxyl groups excluding tert-OH is 1. The van der Waals surface area contributed by atoms with Crippen LogP contribution in [0.3, 0.4) is 0 Å². The van der Waals surface area contributed by atoms with Gasteiger partial charge in [-0.15, -0.1) is 0 Å². The van der Waals surface area contributed by atoms with Crippen molar-refractivity contribution in [1.82, 2.24) is 0 Å². The standard InChI is InChI=1S/C20H27O5P/c1-4-24-26(22,25-5-2)20(23-15-17-11-7-6-8-12-17)19(21)18-13-9-10-16(3)14-18/h6-14,19-21H,4-5,15H2,1-3H3/t19-,20-/m1/s1. The van der Waals surface area contributed by atoms with E-state index in [9.17, 15) is 9.67 Å².